The maximum atomic E-state index is 12.0. The molecule has 2 N–H and O–H groups in total. The molecule has 0 fully saturated rings. The number of aromatic nitrogens is 1. The second-order valence-corrected chi connectivity index (χ2v) is 3.89. The SMILES string of the molecule is COc1ccc(C(=O)Nc2cc(CO)ccn2)cc1. The highest BCUT2D eigenvalue weighted by molar-refractivity contribution is 6.03. The maximum absolute atomic E-state index is 12.0. The molecule has 0 spiro atoms. The molecule has 5 nitrogen and oxygen atoms in total. The van der Waals surface area contributed by atoms with Gasteiger partial charge in [-0.15, -0.1) is 0 Å². The van der Waals surface area contributed by atoms with Gasteiger partial charge in [0.25, 0.3) is 5.91 Å². The van der Waals surface area contributed by atoms with Crippen LogP contribution in [0.2, 0.25) is 0 Å². The number of hydrogen-bond donors (Lipinski definition) is 2. The number of ether oxygens (including phenoxy) is 1. The van der Waals surface area contributed by atoms with Gasteiger partial charge in [0.2, 0.25) is 0 Å². The predicted octanol–water partition coefficient (Wildman–Crippen LogP) is 1.83. The first kappa shape index (κ1) is 13.0. The third-order valence-corrected chi connectivity index (χ3v) is 2.60. The number of rotatable bonds is 4. The minimum atomic E-state index is -0.259. The molecule has 0 bridgehead atoms. The summed E-state index contributed by atoms with van der Waals surface area (Å²) in [5.74, 6) is 0.842. The average molecular weight is 258 g/mol. The normalized spacial score (nSPS) is 10.0. The third-order valence-electron chi connectivity index (χ3n) is 2.60. The van der Waals surface area contributed by atoms with Gasteiger partial charge in [0, 0.05) is 11.8 Å². The van der Waals surface area contributed by atoms with Crippen LogP contribution in [0.5, 0.6) is 5.75 Å². The highest BCUT2D eigenvalue weighted by atomic mass is 16.5. The Balaban J connectivity index is 2.11. The Morgan fingerprint density at radius 1 is 1.32 bits per heavy atom. The average Bonchev–Trinajstić information content (AvgIpc) is 2.47. The van der Waals surface area contributed by atoms with Crippen LogP contribution in [0.4, 0.5) is 5.82 Å². The molecule has 1 heterocycles. The van der Waals surface area contributed by atoms with Crippen molar-refractivity contribution < 1.29 is 14.6 Å². The summed E-state index contributed by atoms with van der Waals surface area (Å²) in [6.07, 6.45) is 1.54. The molecule has 5 heteroatoms. The van der Waals surface area contributed by atoms with Crippen LogP contribution >= 0.6 is 0 Å². The van der Waals surface area contributed by atoms with Gasteiger partial charge in [-0.2, -0.15) is 0 Å². The zero-order valence-corrected chi connectivity index (χ0v) is 10.5. The summed E-state index contributed by atoms with van der Waals surface area (Å²) in [6.45, 7) is -0.0894. The van der Waals surface area contributed by atoms with Gasteiger partial charge in [0.1, 0.15) is 11.6 Å². The summed E-state index contributed by atoms with van der Waals surface area (Å²) in [5, 5.41) is 11.7. The van der Waals surface area contributed by atoms with Crippen LogP contribution in [0.1, 0.15) is 15.9 Å². The van der Waals surface area contributed by atoms with Gasteiger partial charge in [-0.25, -0.2) is 4.98 Å². The molecule has 0 saturated heterocycles. The van der Waals surface area contributed by atoms with E-state index in [0.717, 1.165) is 0 Å². The molecule has 0 aliphatic heterocycles. The first-order valence-corrected chi connectivity index (χ1v) is 5.74. The molecule has 1 amide bonds. The van der Waals surface area contributed by atoms with E-state index in [1.165, 1.54) is 6.20 Å². The van der Waals surface area contributed by atoms with Crippen molar-refractivity contribution in [3.8, 4) is 5.75 Å². The van der Waals surface area contributed by atoms with Crippen molar-refractivity contribution in [2.75, 3.05) is 12.4 Å². The molecule has 2 rings (SSSR count). The van der Waals surface area contributed by atoms with Crippen LogP contribution < -0.4 is 10.1 Å². The summed E-state index contributed by atoms with van der Waals surface area (Å²) in [5.41, 5.74) is 1.21. The van der Waals surface area contributed by atoms with E-state index < -0.39 is 0 Å². The van der Waals surface area contributed by atoms with Crippen molar-refractivity contribution >= 4 is 11.7 Å². The Morgan fingerprint density at radius 2 is 2.05 bits per heavy atom. The molecule has 98 valence electrons. The Kier molecular flexibility index (Phi) is 4.10. The minimum Gasteiger partial charge on any atom is -0.497 e. The van der Waals surface area contributed by atoms with Crippen LogP contribution in [-0.2, 0) is 6.61 Å². The van der Waals surface area contributed by atoms with Gasteiger partial charge in [0.15, 0.2) is 0 Å². The number of benzene rings is 1. The van der Waals surface area contributed by atoms with E-state index in [4.69, 9.17) is 9.84 Å². The summed E-state index contributed by atoms with van der Waals surface area (Å²) in [6, 6.07) is 10.1. The lowest BCUT2D eigenvalue weighted by Crippen LogP contribution is -2.13. The topological polar surface area (TPSA) is 71.5 Å². The van der Waals surface area contributed by atoms with Crippen molar-refractivity contribution in [3.63, 3.8) is 0 Å². The van der Waals surface area contributed by atoms with Gasteiger partial charge in [-0.3, -0.25) is 4.79 Å². The van der Waals surface area contributed by atoms with Crippen molar-refractivity contribution in [3.05, 3.63) is 53.7 Å². The van der Waals surface area contributed by atoms with E-state index in [1.807, 2.05) is 0 Å². The highest BCUT2D eigenvalue weighted by Gasteiger charge is 2.07. The number of anilines is 1. The molecule has 0 atom stereocenters. The van der Waals surface area contributed by atoms with Crippen LogP contribution in [0, 0.1) is 0 Å². The number of carbonyl (C=O) groups is 1. The lowest BCUT2D eigenvalue weighted by molar-refractivity contribution is 0.102. The van der Waals surface area contributed by atoms with E-state index in [2.05, 4.69) is 10.3 Å². The zero-order chi connectivity index (χ0) is 13.7. The molecular weight excluding hydrogens is 244 g/mol. The second-order valence-electron chi connectivity index (χ2n) is 3.89. The minimum absolute atomic E-state index is 0.0894. The molecule has 2 aromatic rings. The summed E-state index contributed by atoms with van der Waals surface area (Å²) in [7, 11) is 1.57. The summed E-state index contributed by atoms with van der Waals surface area (Å²) < 4.78 is 5.03. The van der Waals surface area contributed by atoms with E-state index in [1.54, 1.807) is 43.5 Å². The van der Waals surface area contributed by atoms with Crippen LogP contribution in [0.3, 0.4) is 0 Å². The molecule has 0 aliphatic carbocycles. The monoisotopic (exact) mass is 258 g/mol. The number of hydrogen-bond acceptors (Lipinski definition) is 4. The van der Waals surface area contributed by atoms with Gasteiger partial charge >= 0.3 is 0 Å². The van der Waals surface area contributed by atoms with Crippen LogP contribution in [-0.4, -0.2) is 23.1 Å². The number of amides is 1. The lowest BCUT2D eigenvalue weighted by Gasteiger charge is -2.06. The second kappa shape index (κ2) is 5.97. The van der Waals surface area contributed by atoms with E-state index in [0.29, 0.717) is 22.7 Å². The van der Waals surface area contributed by atoms with Crippen molar-refractivity contribution in [1.82, 2.24) is 4.98 Å². The molecule has 0 aliphatic rings. The Bertz CT molecular complexity index is 567. The van der Waals surface area contributed by atoms with Gasteiger partial charge in [-0.05, 0) is 42.0 Å². The third kappa shape index (κ3) is 3.29. The van der Waals surface area contributed by atoms with Gasteiger partial charge in [0.05, 0.1) is 13.7 Å². The highest BCUT2D eigenvalue weighted by Crippen LogP contribution is 2.13. The van der Waals surface area contributed by atoms with Crippen LogP contribution in [0.25, 0.3) is 0 Å². The molecule has 19 heavy (non-hydrogen) atoms. The number of aliphatic hydroxyl groups is 1. The molecule has 0 radical (unpaired) electrons. The fourth-order valence-electron chi connectivity index (χ4n) is 1.57. The van der Waals surface area contributed by atoms with E-state index in [9.17, 15) is 4.79 Å². The zero-order valence-electron chi connectivity index (χ0n) is 10.5. The van der Waals surface area contributed by atoms with E-state index in [-0.39, 0.29) is 12.5 Å². The number of methoxy groups -OCH3 is 1. The van der Waals surface area contributed by atoms with Crippen molar-refractivity contribution in [1.29, 1.82) is 0 Å². The number of nitrogens with one attached hydrogen (secondary N) is 1. The van der Waals surface area contributed by atoms with Crippen molar-refractivity contribution in [2.24, 2.45) is 0 Å². The Labute approximate surface area is 110 Å². The first-order valence-electron chi connectivity index (χ1n) is 5.74. The molecule has 1 aromatic carbocycles. The largest absolute Gasteiger partial charge is 0.497 e. The van der Waals surface area contributed by atoms with E-state index >= 15 is 0 Å². The number of nitrogens with zero attached hydrogens (tertiary/aromatic N) is 1. The standard InChI is InChI=1S/C14H14N2O3/c1-19-12-4-2-11(3-5-12)14(18)16-13-8-10(9-17)6-7-15-13/h2-8,17H,9H2,1H3,(H,15,16,18). The molecule has 0 unspecified atom stereocenters. The Morgan fingerprint density at radius 3 is 2.68 bits per heavy atom. The quantitative estimate of drug-likeness (QED) is 0.877. The van der Waals surface area contributed by atoms with Crippen molar-refractivity contribution in [2.45, 2.75) is 6.61 Å². The smallest absolute Gasteiger partial charge is 0.256 e. The number of aliphatic hydroxyl groups excluding tert-OH is 1. The maximum Gasteiger partial charge on any atom is 0.256 e. The fraction of sp³-hybridized carbons (Fsp3) is 0.143. The first-order chi connectivity index (χ1) is 9.22. The number of pyridine rings is 1. The predicted molar refractivity (Wildman–Crippen MR) is 71.1 cm³/mol. The number of carbonyl (C=O) groups excluding carboxylic acids is 1. The van der Waals surface area contributed by atoms with Gasteiger partial charge in [-0.1, -0.05) is 0 Å². The Hall–Kier alpha value is -2.40. The molecular formula is C14H14N2O3. The van der Waals surface area contributed by atoms with Crippen LogP contribution in [0.15, 0.2) is 42.6 Å². The molecule has 1 aromatic heterocycles. The fourth-order valence-corrected chi connectivity index (χ4v) is 1.57. The van der Waals surface area contributed by atoms with Gasteiger partial charge < -0.3 is 15.2 Å². The molecule has 0 saturated carbocycles. The summed E-state index contributed by atoms with van der Waals surface area (Å²) >= 11 is 0. The lowest BCUT2D eigenvalue weighted by atomic mass is 10.2. The summed E-state index contributed by atoms with van der Waals surface area (Å²) in [4.78, 5) is 16.0.